The minimum atomic E-state index is -0.208. The van der Waals surface area contributed by atoms with E-state index in [-0.39, 0.29) is 23.8 Å². The van der Waals surface area contributed by atoms with E-state index in [1.54, 1.807) is 12.1 Å². The highest BCUT2D eigenvalue weighted by molar-refractivity contribution is 9.10. The van der Waals surface area contributed by atoms with Crippen LogP contribution in [0, 0.1) is 5.92 Å². The third-order valence-corrected chi connectivity index (χ3v) is 7.15. The number of halogens is 1. The summed E-state index contributed by atoms with van der Waals surface area (Å²) in [4.78, 5) is 41.7. The zero-order chi connectivity index (χ0) is 24.1. The zero-order valence-electron chi connectivity index (χ0n) is 19.4. The quantitative estimate of drug-likeness (QED) is 0.585. The summed E-state index contributed by atoms with van der Waals surface area (Å²) in [7, 11) is 0. The van der Waals surface area contributed by atoms with E-state index in [4.69, 9.17) is 0 Å². The van der Waals surface area contributed by atoms with Crippen LogP contribution in [-0.2, 0) is 9.59 Å². The van der Waals surface area contributed by atoms with Crippen molar-refractivity contribution < 1.29 is 14.4 Å². The average Bonchev–Trinajstić information content (AvgIpc) is 3.34. The smallest absolute Gasteiger partial charge is 0.253 e. The first kappa shape index (κ1) is 24.4. The monoisotopic (exact) mass is 526 g/mol. The van der Waals surface area contributed by atoms with Crippen LogP contribution in [0.2, 0.25) is 0 Å². The highest BCUT2D eigenvalue weighted by Crippen LogP contribution is 2.32. The Morgan fingerprint density at radius 2 is 1.53 bits per heavy atom. The van der Waals surface area contributed by atoms with Crippen LogP contribution in [0.1, 0.15) is 43.0 Å². The van der Waals surface area contributed by atoms with Gasteiger partial charge in [-0.2, -0.15) is 0 Å². The topological polar surface area (TPSA) is 81.8 Å². The van der Waals surface area contributed by atoms with Gasteiger partial charge in [0, 0.05) is 54.5 Å². The molecule has 2 fully saturated rings. The van der Waals surface area contributed by atoms with Crippen LogP contribution in [0.5, 0.6) is 0 Å². The predicted molar refractivity (Wildman–Crippen MR) is 137 cm³/mol. The van der Waals surface area contributed by atoms with Crippen LogP contribution in [0.3, 0.4) is 0 Å². The number of carbonyl (C=O) groups excluding carboxylic acids is 3. The molecule has 7 nitrogen and oxygen atoms in total. The molecule has 180 valence electrons. The summed E-state index contributed by atoms with van der Waals surface area (Å²) in [6.07, 6.45) is 4.41. The Balaban J connectivity index is 1.41. The number of anilines is 2. The molecule has 34 heavy (non-hydrogen) atoms. The number of hydrogen-bond donors (Lipinski definition) is 2. The van der Waals surface area contributed by atoms with Gasteiger partial charge in [-0.1, -0.05) is 34.8 Å². The third-order valence-electron chi connectivity index (χ3n) is 6.65. The van der Waals surface area contributed by atoms with E-state index in [1.165, 1.54) is 6.92 Å². The van der Waals surface area contributed by atoms with Gasteiger partial charge in [0.25, 0.3) is 5.91 Å². The highest BCUT2D eigenvalue weighted by Gasteiger charge is 2.37. The van der Waals surface area contributed by atoms with E-state index in [2.05, 4.69) is 31.5 Å². The summed E-state index contributed by atoms with van der Waals surface area (Å²) in [5.74, 6) is 0.231. The van der Waals surface area contributed by atoms with Crippen molar-refractivity contribution >= 4 is 45.0 Å². The second-order valence-electron chi connectivity index (χ2n) is 9.08. The molecule has 8 heteroatoms. The molecule has 0 bridgehead atoms. The molecule has 1 saturated heterocycles. The predicted octanol–water partition coefficient (Wildman–Crippen LogP) is 4.36. The molecule has 2 aromatic carbocycles. The molecule has 4 rings (SSSR count). The lowest BCUT2D eigenvalue weighted by Gasteiger charge is -2.40. The van der Waals surface area contributed by atoms with Crippen molar-refractivity contribution in [2.45, 2.75) is 38.6 Å². The number of benzene rings is 2. The average molecular weight is 527 g/mol. The summed E-state index contributed by atoms with van der Waals surface area (Å²) in [6.45, 7) is 4.03. The van der Waals surface area contributed by atoms with Crippen molar-refractivity contribution in [3.05, 3.63) is 58.6 Å². The van der Waals surface area contributed by atoms with Crippen molar-refractivity contribution in [2.75, 3.05) is 36.8 Å². The molecule has 1 atom stereocenters. The molecule has 0 aromatic heterocycles. The summed E-state index contributed by atoms with van der Waals surface area (Å²) >= 11 is 3.44. The Morgan fingerprint density at radius 3 is 2.12 bits per heavy atom. The van der Waals surface area contributed by atoms with E-state index in [9.17, 15) is 14.4 Å². The van der Waals surface area contributed by atoms with Crippen molar-refractivity contribution in [1.82, 2.24) is 9.80 Å². The van der Waals surface area contributed by atoms with Gasteiger partial charge in [-0.3, -0.25) is 19.3 Å². The maximum absolute atomic E-state index is 13.4. The third kappa shape index (κ3) is 6.04. The summed E-state index contributed by atoms with van der Waals surface area (Å²) in [6, 6.07) is 14.4. The minimum absolute atomic E-state index is 0.00550. The number of carbonyl (C=O) groups is 3. The SMILES string of the molecule is CC(=O)Nc1ccc(NC(=O)[C@@H](C2CCCC2)N2CCN(C(=O)c3cccc(Br)c3)CC2)cc1. The fourth-order valence-corrected chi connectivity index (χ4v) is 5.41. The van der Waals surface area contributed by atoms with Gasteiger partial charge in [0.2, 0.25) is 11.8 Å². The molecule has 0 spiro atoms. The van der Waals surface area contributed by atoms with Crippen LogP contribution in [0.4, 0.5) is 11.4 Å². The molecule has 1 aliphatic carbocycles. The normalized spacial score (nSPS) is 17.9. The Labute approximate surface area is 209 Å². The van der Waals surface area contributed by atoms with Gasteiger partial charge in [-0.15, -0.1) is 0 Å². The Hall–Kier alpha value is -2.71. The second-order valence-corrected chi connectivity index (χ2v) is 9.99. The molecule has 2 aromatic rings. The number of nitrogens with one attached hydrogen (secondary N) is 2. The lowest BCUT2D eigenvalue weighted by Crippen LogP contribution is -2.56. The second kappa shape index (κ2) is 11.1. The van der Waals surface area contributed by atoms with Gasteiger partial charge in [0.1, 0.15) is 0 Å². The van der Waals surface area contributed by atoms with E-state index < -0.39 is 0 Å². The first-order valence-corrected chi connectivity index (χ1v) is 12.7. The number of amides is 3. The molecule has 1 heterocycles. The van der Waals surface area contributed by atoms with Gasteiger partial charge in [0.15, 0.2) is 0 Å². The fraction of sp³-hybridized carbons (Fsp3) is 0.423. The Morgan fingerprint density at radius 1 is 0.912 bits per heavy atom. The standard InChI is InChI=1S/C26H31BrN4O3/c1-18(32)28-22-9-11-23(12-10-22)29-25(33)24(19-5-2-3-6-19)30-13-15-31(16-14-30)26(34)20-7-4-8-21(27)17-20/h4,7-12,17,19,24H,2-3,5-6,13-16H2,1H3,(H,28,32)(H,29,33)/t24-/m1/s1. The van der Waals surface area contributed by atoms with Crippen molar-refractivity contribution in [3.63, 3.8) is 0 Å². The largest absolute Gasteiger partial charge is 0.336 e. The lowest BCUT2D eigenvalue weighted by molar-refractivity contribution is -0.124. The Kier molecular flexibility index (Phi) is 8.00. The summed E-state index contributed by atoms with van der Waals surface area (Å²) in [5.41, 5.74) is 2.09. The maximum Gasteiger partial charge on any atom is 0.253 e. The lowest BCUT2D eigenvalue weighted by atomic mass is 9.94. The van der Waals surface area contributed by atoms with Crippen LogP contribution >= 0.6 is 15.9 Å². The molecule has 0 radical (unpaired) electrons. The number of rotatable bonds is 6. The van der Waals surface area contributed by atoms with E-state index in [0.29, 0.717) is 49.0 Å². The van der Waals surface area contributed by atoms with E-state index in [1.807, 2.05) is 41.3 Å². The van der Waals surface area contributed by atoms with Gasteiger partial charge in [-0.25, -0.2) is 0 Å². The van der Waals surface area contributed by atoms with Crippen molar-refractivity contribution in [1.29, 1.82) is 0 Å². The van der Waals surface area contributed by atoms with E-state index >= 15 is 0 Å². The molecular weight excluding hydrogens is 496 g/mol. The van der Waals surface area contributed by atoms with Crippen LogP contribution in [0.25, 0.3) is 0 Å². The molecule has 1 saturated carbocycles. The van der Waals surface area contributed by atoms with Gasteiger partial charge < -0.3 is 15.5 Å². The summed E-state index contributed by atoms with van der Waals surface area (Å²) in [5, 5.41) is 5.82. The summed E-state index contributed by atoms with van der Waals surface area (Å²) < 4.78 is 0.889. The first-order valence-electron chi connectivity index (χ1n) is 11.9. The number of nitrogens with zero attached hydrogens (tertiary/aromatic N) is 2. The highest BCUT2D eigenvalue weighted by atomic mass is 79.9. The fourth-order valence-electron chi connectivity index (χ4n) is 5.01. The molecule has 3 amide bonds. The first-order chi connectivity index (χ1) is 16.4. The van der Waals surface area contributed by atoms with Crippen LogP contribution < -0.4 is 10.6 Å². The van der Waals surface area contributed by atoms with Crippen molar-refractivity contribution in [3.8, 4) is 0 Å². The number of piperazine rings is 1. The van der Waals surface area contributed by atoms with Crippen LogP contribution in [0.15, 0.2) is 53.0 Å². The van der Waals surface area contributed by atoms with Gasteiger partial charge in [-0.05, 0) is 61.2 Å². The number of hydrogen-bond acceptors (Lipinski definition) is 4. The molecule has 2 aliphatic rings. The Bertz CT molecular complexity index is 1030. The minimum Gasteiger partial charge on any atom is -0.336 e. The van der Waals surface area contributed by atoms with Gasteiger partial charge in [0.05, 0.1) is 6.04 Å². The molecule has 0 unspecified atom stereocenters. The van der Waals surface area contributed by atoms with E-state index in [0.717, 1.165) is 30.2 Å². The molecular formula is C26H31BrN4O3. The maximum atomic E-state index is 13.4. The molecule has 1 aliphatic heterocycles. The van der Waals surface area contributed by atoms with Crippen molar-refractivity contribution in [2.24, 2.45) is 5.92 Å². The zero-order valence-corrected chi connectivity index (χ0v) is 21.0. The molecule has 2 N–H and O–H groups in total. The van der Waals surface area contributed by atoms with Gasteiger partial charge >= 0.3 is 0 Å². The van der Waals surface area contributed by atoms with Crippen LogP contribution in [-0.4, -0.2) is 59.7 Å².